The zero-order chi connectivity index (χ0) is 17.5. The maximum absolute atomic E-state index is 12.8. The normalized spacial score (nSPS) is 11.7. The molecule has 2 aromatic carbocycles. The number of halogens is 2. The number of carbonyl (C=O) groups is 1. The molecule has 3 N–H and O–H groups in total. The van der Waals surface area contributed by atoms with E-state index in [-0.39, 0.29) is 30.2 Å². The van der Waals surface area contributed by atoms with Crippen molar-refractivity contribution in [2.75, 3.05) is 6.54 Å². The van der Waals surface area contributed by atoms with E-state index in [1.54, 1.807) is 12.1 Å². The number of nitrogens with one attached hydrogen (secondary N) is 1. The molecule has 0 spiro atoms. The lowest BCUT2D eigenvalue weighted by molar-refractivity contribution is -0.121. The molecule has 25 heavy (non-hydrogen) atoms. The fraction of sp³-hybridized carbons (Fsp3) is 0.350. The first-order valence-corrected chi connectivity index (χ1v) is 8.32. The summed E-state index contributed by atoms with van der Waals surface area (Å²) in [5.74, 6) is 0.174. The minimum Gasteiger partial charge on any atom is -0.354 e. The first-order chi connectivity index (χ1) is 11.5. The summed E-state index contributed by atoms with van der Waals surface area (Å²) in [6, 6.07) is 14.2. The molecular formula is C20H26ClFN2O. The third-order valence-corrected chi connectivity index (χ3v) is 4.10. The fourth-order valence-electron chi connectivity index (χ4n) is 2.47. The summed E-state index contributed by atoms with van der Waals surface area (Å²) in [6.45, 7) is 4.70. The van der Waals surface area contributed by atoms with Gasteiger partial charge in [-0.15, -0.1) is 12.4 Å². The van der Waals surface area contributed by atoms with Crippen molar-refractivity contribution < 1.29 is 9.18 Å². The lowest BCUT2D eigenvalue weighted by Gasteiger charge is -2.14. The topological polar surface area (TPSA) is 55.1 Å². The SMILES string of the molecule is CC(C)c1ccc(C(N)CNC(=O)CCc2ccc(F)cc2)cc1.Cl. The molecule has 0 aliphatic heterocycles. The second-order valence-corrected chi connectivity index (χ2v) is 6.36. The highest BCUT2D eigenvalue weighted by atomic mass is 35.5. The molecule has 0 bridgehead atoms. The van der Waals surface area contributed by atoms with E-state index in [9.17, 15) is 9.18 Å². The number of nitrogens with two attached hydrogens (primary N) is 1. The van der Waals surface area contributed by atoms with Crippen LogP contribution >= 0.6 is 12.4 Å². The van der Waals surface area contributed by atoms with Crippen LogP contribution in [0.1, 0.15) is 48.9 Å². The largest absolute Gasteiger partial charge is 0.354 e. The van der Waals surface area contributed by atoms with Gasteiger partial charge in [-0.3, -0.25) is 4.79 Å². The fourth-order valence-corrected chi connectivity index (χ4v) is 2.47. The maximum Gasteiger partial charge on any atom is 0.220 e. The molecule has 0 fully saturated rings. The Bertz CT molecular complexity index is 656. The van der Waals surface area contributed by atoms with E-state index in [0.29, 0.717) is 25.3 Å². The van der Waals surface area contributed by atoms with Gasteiger partial charge in [0.1, 0.15) is 5.82 Å². The van der Waals surface area contributed by atoms with E-state index in [1.807, 2.05) is 12.1 Å². The van der Waals surface area contributed by atoms with Gasteiger partial charge in [0.05, 0.1) is 0 Å². The van der Waals surface area contributed by atoms with Gasteiger partial charge in [0.2, 0.25) is 5.91 Å². The Morgan fingerprint density at radius 2 is 1.60 bits per heavy atom. The lowest BCUT2D eigenvalue weighted by Crippen LogP contribution is -2.32. The van der Waals surface area contributed by atoms with Crippen molar-refractivity contribution >= 4 is 18.3 Å². The molecule has 2 aromatic rings. The van der Waals surface area contributed by atoms with E-state index in [0.717, 1.165) is 11.1 Å². The first kappa shape index (κ1) is 21.1. The average Bonchev–Trinajstić information content (AvgIpc) is 2.59. The monoisotopic (exact) mass is 364 g/mol. The standard InChI is InChI=1S/C20H25FN2O.ClH/c1-14(2)16-6-8-17(9-7-16)19(22)13-23-20(24)12-5-15-3-10-18(21)11-4-15;/h3-4,6-11,14,19H,5,12-13,22H2,1-2H3,(H,23,24);1H. The summed E-state index contributed by atoms with van der Waals surface area (Å²) >= 11 is 0. The van der Waals surface area contributed by atoms with Crippen molar-refractivity contribution in [1.82, 2.24) is 5.32 Å². The van der Waals surface area contributed by atoms with Gasteiger partial charge in [-0.05, 0) is 41.2 Å². The molecule has 5 heteroatoms. The quantitative estimate of drug-likeness (QED) is 0.776. The minimum atomic E-state index is -0.266. The molecule has 0 saturated heterocycles. The third kappa shape index (κ3) is 6.85. The van der Waals surface area contributed by atoms with Crippen LogP contribution in [-0.2, 0) is 11.2 Å². The Morgan fingerprint density at radius 1 is 1.04 bits per heavy atom. The second-order valence-electron chi connectivity index (χ2n) is 6.36. The summed E-state index contributed by atoms with van der Waals surface area (Å²) in [5, 5.41) is 2.86. The van der Waals surface area contributed by atoms with Crippen LogP contribution in [0.2, 0.25) is 0 Å². The van der Waals surface area contributed by atoms with Crippen LogP contribution in [-0.4, -0.2) is 12.5 Å². The zero-order valence-electron chi connectivity index (χ0n) is 14.7. The summed E-state index contributed by atoms with van der Waals surface area (Å²) in [6.07, 6.45) is 0.953. The summed E-state index contributed by atoms with van der Waals surface area (Å²) < 4.78 is 12.8. The predicted octanol–water partition coefficient (Wildman–Crippen LogP) is 4.12. The molecular weight excluding hydrogens is 339 g/mol. The Balaban J connectivity index is 0.00000312. The smallest absolute Gasteiger partial charge is 0.220 e. The molecule has 0 saturated carbocycles. The molecule has 1 unspecified atom stereocenters. The molecule has 2 rings (SSSR count). The van der Waals surface area contributed by atoms with E-state index < -0.39 is 0 Å². The van der Waals surface area contributed by atoms with Gasteiger partial charge >= 0.3 is 0 Å². The van der Waals surface area contributed by atoms with Gasteiger partial charge < -0.3 is 11.1 Å². The number of benzene rings is 2. The van der Waals surface area contributed by atoms with Gasteiger partial charge in [0.15, 0.2) is 0 Å². The van der Waals surface area contributed by atoms with E-state index in [1.165, 1.54) is 17.7 Å². The van der Waals surface area contributed by atoms with Crippen LogP contribution in [0.25, 0.3) is 0 Å². The molecule has 0 radical (unpaired) electrons. The van der Waals surface area contributed by atoms with Crippen LogP contribution in [0.15, 0.2) is 48.5 Å². The minimum absolute atomic E-state index is 0. The number of hydrogen-bond donors (Lipinski definition) is 2. The molecule has 0 heterocycles. The molecule has 0 aliphatic carbocycles. The summed E-state index contributed by atoms with van der Waals surface area (Å²) in [5.41, 5.74) is 9.37. The number of rotatable bonds is 7. The van der Waals surface area contributed by atoms with Gasteiger partial charge in [0.25, 0.3) is 0 Å². The molecule has 0 aliphatic rings. The predicted molar refractivity (Wildman–Crippen MR) is 102 cm³/mol. The summed E-state index contributed by atoms with van der Waals surface area (Å²) in [7, 11) is 0. The Morgan fingerprint density at radius 3 is 2.16 bits per heavy atom. The highest BCUT2D eigenvalue weighted by Gasteiger charge is 2.09. The van der Waals surface area contributed by atoms with Crippen LogP contribution in [0, 0.1) is 5.82 Å². The number of hydrogen-bond acceptors (Lipinski definition) is 2. The van der Waals surface area contributed by atoms with Gasteiger partial charge in [0, 0.05) is 19.0 Å². The summed E-state index contributed by atoms with van der Waals surface area (Å²) in [4.78, 5) is 11.9. The molecule has 3 nitrogen and oxygen atoms in total. The van der Waals surface area contributed by atoms with Crippen molar-refractivity contribution in [3.05, 3.63) is 71.0 Å². The Kier molecular flexibility index (Phi) is 8.59. The van der Waals surface area contributed by atoms with Crippen molar-refractivity contribution in [2.24, 2.45) is 5.73 Å². The lowest BCUT2D eigenvalue weighted by atomic mass is 9.99. The van der Waals surface area contributed by atoms with Crippen molar-refractivity contribution in [1.29, 1.82) is 0 Å². The third-order valence-electron chi connectivity index (χ3n) is 4.10. The molecule has 1 amide bonds. The Hall–Kier alpha value is -1.91. The van der Waals surface area contributed by atoms with Crippen LogP contribution in [0.5, 0.6) is 0 Å². The van der Waals surface area contributed by atoms with E-state index >= 15 is 0 Å². The van der Waals surface area contributed by atoms with Crippen LogP contribution < -0.4 is 11.1 Å². The van der Waals surface area contributed by atoms with Crippen molar-refractivity contribution in [2.45, 2.75) is 38.6 Å². The number of amides is 1. The zero-order valence-corrected chi connectivity index (χ0v) is 15.5. The number of carbonyl (C=O) groups excluding carboxylic acids is 1. The highest BCUT2D eigenvalue weighted by Crippen LogP contribution is 2.17. The molecule has 0 aromatic heterocycles. The van der Waals surface area contributed by atoms with Gasteiger partial charge in [-0.2, -0.15) is 0 Å². The highest BCUT2D eigenvalue weighted by molar-refractivity contribution is 5.85. The van der Waals surface area contributed by atoms with Crippen molar-refractivity contribution in [3.63, 3.8) is 0 Å². The van der Waals surface area contributed by atoms with E-state index in [2.05, 4.69) is 31.3 Å². The number of aryl methyl sites for hydroxylation is 1. The maximum atomic E-state index is 12.8. The van der Waals surface area contributed by atoms with Crippen LogP contribution in [0.4, 0.5) is 4.39 Å². The van der Waals surface area contributed by atoms with Gasteiger partial charge in [-0.25, -0.2) is 4.39 Å². The van der Waals surface area contributed by atoms with E-state index in [4.69, 9.17) is 5.73 Å². The van der Waals surface area contributed by atoms with Crippen molar-refractivity contribution in [3.8, 4) is 0 Å². The van der Waals surface area contributed by atoms with Gasteiger partial charge in [-0.1, -0.05) is 50.2 Å². The second kappa shape index (κ2) is 10.2. The molecule has 1 atom stereocenters. The first-order valence-electron chi connectivity index (χ1n) is 8.32. The Labute approximate surface area is 155 Å². The van der Waals surface area contributed by atoms with Crippen LogP contribution in [0.3, 0.4) is 0 Å². The molecule has 136 valence electrons. The average molecular weight is 365 g/mol.